The smallest absolute Gasteiger partial charge is 0.343 e. The topological polar surface area (TPSA) is 135 Å². The van der Waals surface area contributed by atoms with Crippen LogP contribution < -0.4 is 24.4 Å². The number of nitriles is 1. The molecule has 0 aliphatic rings. The SMILES string of the molecule is CCOc1ccc(C(=O)Oc2ccc(C=NNC(=O)c3[nH]c4c(C#N)cccc4c3-c3ccccc3)cc2OC)cc1OCC. The van der Waals surface area contributed by atoms with Crippen LogP contribution in [0.25, 0.3) is 22.0 Å². The molecule has 0 unspecified atom stereocenters. The van der Waals surface area contributed by atoms with Crippen LogP contribution in [-0.4, -0.2) is 43.4 Å². The van der Waals surface area contributed by atoms with Crippen molar-refractivity contribution in [2.75, 3.05) is 20.3 Å². The van der Waals surface area contributed by atoms with E-state index in [-0.39, 0.29) is 17.0 Å². The molecule has 10 heteroatoms. The second-order valence-electron chi connectivity index (χ2n) is 9.61. The number of benzene rings is 4. The molecular weight excluding hydrogens is 572 g/mol. The van der Waals surface area contributed by atoms with Gasteiger partial charge in [-0.2, -0.15) is 10.4 Å². The van der Waals surface area contributed by atoms with Crippen molar-refractivity contribution in [1.82, 2.24) is 10.4 Å². The highest BCUT2D eigenvalue weighted by Gasteiger charge is 2.21. The Morgan fingerprint density at radius 3 is 2.38 bits per heavy atom. The molecule has 1 amide bonds. The van der Waals surface area contributed by atoms with E-state index >= 15 is 0 Å². The first-order chi connectivity index (χ1) is 22.0. The van der Waals surface area contributed by atoms with Gasteiger partial charge in [0, 0.05) is 10.9 Å². The molecule has 5 aromatic rings. The summed E-state index contributed by atoms with van der Waals surface area (Å²) in [6, 6.07) is 26.7. The van der Waals surface area contributed by atoms with Crippen LogP contribution >= 0.6 is 0 Å². The van der Waals surface area contributed by atoms with Gasteiger partial charge < -0.3 is 23.9 Å². The maximum atomic E-state index is 13.3. The number of ether oxygens (including phenoxy) is 4. The summed E-state index contributed by atoms with van der Waals surface area (Å²) in [6.07, 6.45) is 1.44. The summed E-state index contributed by atoms with van der Waals surface area (Å²) in [4.78, 5) is 29.4. The first-order valence-electron chi connectivity index (χ1n) is 14.2. The van der Waals surface area contributed by atoms with Crippen LogP contribution in [0.4, 0.5) is 0 Å². The highest BCUT2D eigenvalue weighted by Crippen LogP contribution is 2.34. The second kappa shape index (κ2) is 13.9. The van der Waals surface area contributed by atoms with E-state index in [1.165, 1.54) is 13.3 Å². The predicted molar refractivity (Wildman–Crippen MR) is 170 cm³/mol. The van der Waals surface area contributed by atoms with Crippen LogP contribution in [0.15, 0.2) is 90.0 Å². The van der Waals surface area contributed by atoms with E-state index in [9.17, 15) is 14.9 Å². The van der Waals surface area contributed by atoms with Crippen LogP contribution in [0.1, 0.15) is 45.8 Å². The number of aromatic amines is 1. The van der Waals surface area contributed by atoms with Gasteiger partial charge in [-0.1, -0.05) is 42.5 Å². The first kappa shape index (κ1) is 30.4. The minimum Gasteiger partial charge on any atom is -0.493 e. The Morgan fingerprint density at radius 2 is 1.64 bits per heavy atom. The minimum absolute atomic E-state index is 0.203. The van der Waals surface area contributed by atoms with Gasteiger partial charge in [0.15, 0.2) is 23.0 Å². The molecule has 2 N–H and O–H groups in total. The van der Waals surface area contributed by atoms with Crippen molar-refractivity contribution in [1.29, 1.82) is 5.26 Å². The van der Waals surface area contributed by atoms with Gasteiger partial charge in [0.05, 0.1) is 43.2 Å². The molecule has 1 heterocycles. The van der Waals surface area contributed by atoms with Crippen LogP contribution in [-0.2, 0) is 0 Å². The van der Waals surface area contributed by atoms with Crippen LogP contribution in [0.2, 0.25) is 0 Å². The monoisotopic (exact) mass is 602 g/mol. The van der Waals surface area contributed by atoms with Gasteiger partial charge >= 0.3 is 5.97 Å². The molecule has 45 heavy (non-hydrogen) atoms. The molecule has 5 rings (SSSR count). The zero-order valence-corrected chi connectivity index (χ0v) is 24.9. The molecule has 0 aliphatic heterocycles. The quantitative estimate of drug-likeness (QED) is 0.0763. The largest absolute Gasteiger partial charge is 0.493 e. The highest BCUT2D eigenvalue weighted by molar-refractivity contribution is 6.10. The maximum Gasteiger partial charge on any atom is 0.343 e. The van der Waals surface area contributed by atoms with E-state index in [2.05, 4.69) is 21.6 Å². The number of hydrogen-bond donors (Lipinski definition) is 2. The molecule has 1 aromatic heterocycles. The summed E-state index contributed by atoms with van der Waals surface area (Å²) in [5.74, 6) is 0.401. The highest BCUT2D eigenvalue weighted by atomic mass is 16.6. The Bertz CT molecular complexity index is 1920. The number of para-hydroxylation sites is 1. The molecule has 0 fully saturated rings. The van der Waals surface area contributed by atoms with E-state index in [0.717, 1.165) is 10.9 Å². The lowest BCUT2D eigenvalue weighted by Crippen LogP contribution is -2.18. The van der Waals surface area contributed by atoms with Gasteiger partial charge in [-0.3, -0.25) is 4.79 Å². The maximum absolute atomic E-state index is 13.3. The molecule has 0 atom stereocenters. The summed E-state index contributed by atoms with van der Waals surface area (Å²) in [6.45, 7) is 4.58. The van der Waals surface area contributed by atoms with Gasteiger partial charge in [-0.15, -0.1) is 0 Å². The van der Waals surface area contributed by atoms with Crippen molar-refractivity contribution in [3.8, 4) is 40.2 Å². The molecule has 0 radical (unpaired) electrons. The lowest BCUT2D eigenvalue weighted by Gasteiger charge is -2.13. The average Bonchev–Trinajstić information content (AvgIpc) is 3.47. The number of nitrogens with one attached hydrogen (secondary N) is 2. The molecule has 0 spiro atoms. The van der Waals surface area contributed by atoms with Crippen LogP contribution in [0.5, 0.6) is 23.0 Å². The van der Waals surface area contributed by atoms with Crippen molar-refractivity contribution >= 4 is 29.0 Å². The number of hydrazone groups is 1. The van der Waals surface area contributed by atoms with Gasteiger partial charge in [-0.25, -0.2) is 10.2 Å². The number of rotatable bonds is 11. The average molecular weight is 603 g/mol. The number of H-pyrrole nitrogens is 1. The summed E-state index contributed by atoms with van der Waals surface area (Å²) < 4.78 is 22.2. The van der Waals surface area contributed by atoms with E-state index < -0.39 is 11.9 Å². The Labute approximate surface area is 259 Å². The number of aromatic nitrogens is 1. The Morgan fingerprint density at radius 1 is 0.889 bits per heavy atom. The van der Waals surface area contributed by atoms with Gasteiger partial charge in [0.2, 0.25) is 0 Å². The van der Waals surface area contributed by atoms with Gasteiger partial charge in [-0.05, 0) is 67.4 Å². The number of nitrogens with zero attached hydrogens (tertiary/aromatic N) is 2. The third-order valence-electron chi connectivity index (χ3n) is 6.79. The molecule has 4 aromatic carbocycles. The van der Waals surface area contributed by atoms with Gasteiger partial charge in [0.1, 0.15) is 11.8 Å². The van der Waals surface area contributed by atoms with Crippen molar-refractivity contribution in [2.45, 2.75) is 13.8 Å². The van der Waals surface area contributed by atoms with Crippen molar-refractivity contribution < 1.29 is 28.5 Å². The predicted octanol–water partition coefficient (Wildman–Crippen LogP) is 6.50. The number of carbonyl (C=O) groups is 2. The van der Waals surface area contributed by atoms with Crippen LogP contribution in [0, 0.1) is 11.3 Å². The van der Waals surface area contributed by atoms with E-state index in [1.54, 1.807) is 48.5 Å². The zero-order chi connectivity index (χ0) is 31.8. The fraction of sp³-hybridized carbons (Fsp3) is 0.143. The second-order valence-corrected chi connectivity index (χ2v) is 9.61. The number of hydrogen-bond acceptors (Lipinski definition) is 8. The lowest BCUT2D eigenvalue weighted by atomic mass is 10.0. The lowest BCUT2D eigenvalue weighted by molar-refractivity contribution is 0.0728. The van der Waals surface area contributed by atoms with Gasteiger partial charge in [0.25, 0.3) is 5.91 Å². The normalized spacial score (nSPS) is 10.8. The molecule has 226 valence electrons. The molecule has 0 aliphatic carbocycles. The summed E-state index contributed by atoms with van der Waals surface area (Å²) in [7, 11) is 1.45. The number of amides is 1. The Hall–Kier alpha value is -6.08. The summed E-state index contributed by atoms with van der Waals surface area (Å²) in [5, 5.41) is 14.5. The molecular formula is C35H30N4O6. The van der Waals surface area contributed by atoms with E-state index in [1.807, 2.05) is 50.2 Å². The number of esters is 1. The third kappa shape index (κ3) is 6.63. The fourth-order valence-corrected chi connectivity index (χ4v) is 4.79. The summed E-state index contributed by atoms with van der Waals surface area (Å²) in [5.41, 5.74) is 6.19. The van der Waals surface area contributed by atoms with E-state index in [4.69, 9.17) is 18.9 Å². The number of carbonyl (C=O) groups excluding carboxylic acids is 2. The Balaban J connectivity index is 1.34. The Kier molecular flexibility index (Phi) is 9.40. The standard InChI is InChI=1S/C35H30N4O6/c1-4-43-27-17-15-24(19-30(27)44-5-2)35(41)45-28-16-14-22(18-29(28)42-3)21-37-39-34(40)33-31(23-10-7-6-8-11-23)26-13-9-12-25(20-36)32(26)38-33/h6-19,21,38H,4-5H2,1-3H3,(H,39,40). The first-order valence-corrected chi connectivity index (χ1v) is 14.2. The van der Waals surface area contributed by atoms with Crippen molar-refractivity contribution in [3.05, 3.63) is 107 Å². The molecule has 0 saturated heterocycles. The summed E-state index contributed by atoms with van der Waals surface area (Å²) >= 11 is 0. The fourth-order valence-electron chi connectivity index (χ4n) is 4.79. The minimum atomic E-state index is -0.599. The molecule has 0 bridgehead atoms. The molecule has 10 nitrogen and oxygen atoms in total. The third-order valence-corrected chi connectivity index (χ3v) is 6.79. The number of fused-ring (bicyclic) bond motifs is 1. The van der Waals surface area contributed by atoms with E-state index in [0.29, 0.717) is 52.7 Å². The number of methoxy groups -OCH3 is 1. The van der Waals surface area contributed by atoms with Crippen molar-refractivity contribution in [3.63, 3.8) is 0 Å². The molecule has 0 saturated carbocycles. The zero-order valence-electron chi connectivity index (χ0n) is 24.9. The van der Waals surface area contributed by atoms with Crippen LogP contribution in [0.3, 0.4) is 0 Å². The van der Waals surface area contributed by atoms with Crippen molar-refractivity contribution in [2.24, 2.45) is 5.10 Å².